The second kappa shape index (κ2) is 9.29. The third-order valence-corrected chi connectivity index (χ3v) is 5.97. The molecule has 0 aliphatic heterocycles. The first-order valence-electron chi connectivity index (χ1n) is 9.11. The Kier molecular flexibility index (Phi) is 6.73. The van der Waals surface area contributed by atoms with Gasteiger partial charge in [0.1, 0.15) is 18.0 Å². The van der Waals surface area contributed by atoms with Gasteiger partial charge < -0.3 is 20.5 Å². The van der Waals surface area contributed by atoms with E-state index >= 15 is 0 Å². The molecule has 0 unspecified atom stereocenters. The highest BCUT2D eigenvalue weighted by Gasteiger charge is 2.17. The molecule has 7 nitrogen and oxygen atoms in total. The number of hydrogen-bond donors (Lipinski definition) is 3. The van der Waals surface area contributed by atoms with Crippen LogP contribution in [0.25, 0.3) is 0 Å². The second-order valence-electron chi connectivity index (χ2n) is 6.90. The second-order valence-corrected chi connectivity index (χ2v) is 10.5. The molecule has 1 aromatic heterocycles. The van der Waals surface area contributed by atoms with Gasteiger partial charge in [0.25, 0.3) is 0 Å². The zero-order valence-corrected chi connectivity index (χ0v) is 18.5. The number of benzene rings is 2. The minimum Gasteiger partial charge on any atom is -0.338 e. The molecule has 0 saturated carbocycles. The zero-order chi connectivity index (χ0) is 22.6. The van der Waals surface area contributed by atoms with E-state index in [1.54, 1.807) is 25.5 Å². The molecular formula is C21H20ClFN5O2P. The lowest BCUT2D eigenvalue weighted by atomic mass is 10.2. The van der Waals surface area contributed by atoms with Gasteiger partial charge in [-0.2, -0.15) is 4.98 Å². The molecule has 31 heavy (non-hydrogen) atoms. The normalized spacial score (nSPS) is 11.0. The van der Waals surface area contributed by atoms with E-state index in [9.17, 15) is 13.8 Å². The van der Waals surface area contributed by atoms with Gasteiger partial charge in [0.05, 0.1) is 17.6 Å². The van der Waals surface area contributed by atoms with Gasteiger partial charge in [-0.3, -0.25) is 4.79 Å². The number of nitrogens with zero attached hydrogens (tertiary/aromatic N) is 2. The molecule has 0 bridgehead atoms. The molecular weight excluding hydrogens is 440 g/mol. The van der Waals surface area contributed by atoms with Crippen molar-refractivity contribution in [3.8, 4) is 0 Å². The van der Waals surface area contributed by atoms with E-state index in [2.05, 4.69) is 32.5 Å². The predicted molar refractivity (Wildman–Crippen MR) is 124 cm³/mol. The monoisotopic (exact) mass is 459 g/mol. The van der Waals surface area contributed by atoms with Gasteiger partial charge in [-0.15, -0.1) is 0 Å². The summed E-state index contributed by atoms with van der Waals surface area (Å²) in [7, 11) is -2.54. The Balaban J connectivity index is 1.88. The smallest absolute Gasteiger partial charge is 0.247 e. The molecule has 3 N–H and O–H groups in total. The maximum Gasteiger partial charge on any atom is 0.247 e. The van der Waals surface area contributed by atoms with Crippen LogP contribution in [0.3, 0.4) is 0 Å². The van der Waals surface area contributed by atoms with Crippen molar-refractivity contribution in [1.82, 2.24) is 9.97 Å². The number of hydrogen-bond acceptors (Lipinski definition) is 6. The van der Waals surface area contributed by atoms with Crippen molar-refractivity contribution in [3.05, 3.63) is 72.2 Å². The van der Waals surface area contributed by atoms with Crippen LogP contribution in [-0.2, 0) is 9.36 Å². The van der Waals surface area contributed by atoms with E-state index in [4.69, 9.17) is 11.6 Å². The lowest BCUT2D eigenvalue weighted by Gasteiger charge is -2.16. The van der Waals surface area contributed by atoms with Crippen LogP contribution < -0.4 is 21.3 Å². The fourth-order valence-corrected chi connectivity index (χ4v) is 4.00. The van der Waals surface area contributed by atoms with Crippen LogP contribution in [0.2, 0.25) is 5.02 Å². The summed E-state index contributed by atoms with van der Waals surface area (Å²) in [5, 5.41) is 9.36. The van der Waals surface area contributed by atoms with Crippen LogP contribution in [0.5, 0.6) is 0 Å². The van der Waals surface area contributed by atoms with Crippen molar-refractivity contribution in [3.63, 3.8) is 0 Å². The highest BCUT2D eigenvalue weighted by Crippen LogP contribution is 2.38. The van der Waals surface area contributed by atoms with Gasteiger partial charge in [-0.25, -0.2) is 9.37 Å². The molecule has 1 heterocycles. The summed E-state index contributed by atoms with van der Waals surface area (Å²) in [4.78, 5) is 20.0. The third kappa shape index (κ3) is 5.69. The Morgan fingerprint density at radius 2 is 1.90 bits per heavy atom. The minimum atomic E-state index is -2.54. The third-order valence-electron chi connectivity index (χ3n) is 4.15. The number of para-hydroxylation sites is 1. The Hall–Kier alpha value is -3.22. The highest BCUT2D eigenvalue weighted by molar-refractivity contribution is 7.70. The molecule has 10 heteroatoms. The molecule has 3 rings (SSSR count). The topological polar surface area (TPSA) is 96.0 Å². The molecule has 0 spiro atoms. The Morgan fingerprint density at radius 1 is 1.16 bits per heavy atom. The summed E-state index contributed by atoms with van der Waals surface area (Å²) < 4.78 is 26.5. The standard InChI is InChI=1S/C21H20ClFN5O2P/c1-4-19(29)26-17-11-13(9-10-15(17)23)25-21-24-12-14(22)20(28-21)27-16-7-5-6-8-18(16)31(2,3)30/h4-12H,1H2,2-3H3,(H,26,29)(H2,24,25,27,28). The van der Waals surface area contributed by atoms with E-state index in [-0.39, 0.29) is 16.7 Å². The molecule has 0 saturated heterocycles. The van der Waals surface area contributed by atoms with E-state index in [0.717, 1.165) is 6.08 Å². The summed E-state index contributed by atoms with van der Waals surface area (Å²) in [6.45, 7) is 6.70. The van der Waals surface area contributed by atoms with Gasteiger partial charge in [-0.1, -0.05) is 30.3 Å². The van der Waals surface area contributed by atoms with Gasteiger partial charge in [0.2, 0.25) is 11.9 Å². The SMILES string of the molecule is C=CC(=O)Nc1cc(Nc2ncc(Cl)c(Nc3ccccc3P(C)(C)=O)n2)ccc1F. The molecule has 1 amide bonds. The quantitative estimate of drug-likeness (QED) is 0.335. The summed E-state index contributed by atoms with van der Waals surface area (Å²) in [5.74, 6) is -0.635. The van der Waals surface area contributed by atoms with E-state index < -0.39 is 18.9 Å². The Morgan fingerprint density at radius 3 is 2.61 bits per heavy atom. The van der Waals surface area contributed by atoms with Gasteiger partial charge in [-0.05, 0) is 49.7 Å². The number of carbonyl (C=O) groups excluding carboxylic acids is 1. The molecule has 0 aliphatic carbocycles. The van der Waals surface area contributed by atoms with Crippen molar-refractivity contribution in [1.29, 1.82) is 0 Å². The molecule has 160 valence electrons. The number of rotatable bonds is 7. The summed E-state index contributed by atoms with van der Waals surface area (Å²) >= 11 is 6.24. The van der Waals surface area contributed by atoms with Crippen LogP contribution in [0.15, 0.2) is 61.3 Å². The summed E-state index contributed by atoms with van der Waals surface area (Å²) in [6.07, 6.45) is 2.45. The maximum atomic E-state index is 13.9. The highest BCUT2D eigenvalue weighted by atomic mass is 35.5. The van der Waals surface area contributed by atoms with Gasteiger partial charge in [0, 0.05) is 11.0 Å². The van der Waals surface area contributed by atoms with Crippen LogP contribution in [-0.4, -0.2) is 29.2 Å². The molecule has 0 aliphatic rings. The first-order valence-corrected chi connectivity index (χ1v) is 12.1. The first kappa shape index (κ1) is 22.5. The zero-order valence-electron chi connectivity index (χ0n) is 16.8. The average Bonchev–Trinajstić information content (AvgIpc) is 2.72. The number of halogens is 2. The van der Waals surface area contributed by atoms with E-state index in [1.165, 1.54) is 24.4 Å². The lowest BCUT2D eigenvalue weighted by Crippen LogP contribution is -2.11. The molecule has 0 atom stereocenters. The Bertz CT molecular complexity index is 1200. The van der Waals surface area contributed by atoms with Crippen molar-refractivity contribution in [2.24, 2.45) is 0 Å². The van der Waals surface area contributed by atoms with Gasteiger partial charge in [0.15, 0.2) is 5.82 Å². The van der Waals surface area contributed by atoms with Crippen molar-refractivity contribution >= 4 is 58.8 Å². The first-order chi connectivity index (χ1) is 14.7. The molecule has 0 fully saturated rings. The van der Waals surface area contributed by atoms with Crippen LogP contribution >= 0.6 is 18.7 Å². The van der Waals surface area contributed by atoms with E-state index in [1.807, 2.05) is 12.1 Å². The molecule has 3 aromatic rings. The maximum absolute atomic E-state index is 13.9. The van der Waals surface area contributed by atoms with Crippen molar-refractivity contribution in [2.75, 3.05) is 29.3 Å². The predicted octanol–water partition coefficient (Wildman–Crippen LogP) is 5.13. The average molecular weight is 460 g/mol. The van der Waals surface area contributed by atoms with E-state index in [0.29, 0.717) is 22.5 Å². The van der Waals surface area contributed by atoms with Crippen LogP contribution in [0.4, 0.5) is 33.2 Å². The van der Waals surface area contributed by atoms with Crippen molar-refractivity contribution < 1.29 is 13.8 Å². The van der Waals surface area contributed by atoms with Crippen LogP contribution in [0, 0.1) is 5.82 Å². The Labute approximate surface area is 184 Å². The largest absolute Gasteiger partial charge is 0.338 e. The number of aromatic nitrogens is 2. The van der Waals surface area contributed by atoms with Gasteiger partial charge >= 0.3 is 0 Å². The summed E-state index contributed by atoms with van der Waals surface area (Å²) in [6, 6.07) is 11.3. The number of nitrogens with one attached hydrogen (secondary N) is 3. The van der Waals surface area contributed by atoms with Crippen molar-refractivity contribution in [2.45, 2.75) is 0 Å². The van der Waals surface area contributed by atoms with Crippen LogP contribution in [0.1, 0.15) is 0 Å². The fraction of sp³-hybridized carbons (Fsp3) is 0.0952. The molecule has 0 radical (unpaired) electrons. The number of amides is 1. The minimum absolute atomic E-state index is 0.0159. The number of carbonyl (C=O) groups is 1. The fourth-order valence-electron chi connectivity index (χ4n) is 2.70. The lowest BCUT2D eigenvalue weighted by molar-refractivity contribution is -0.111. The molecule has 2 aromatic carbocycles. The number of anilines is 5. The summed E-state index contributed by atoms with van der Waals surface area (Å²) in [5.41, 5.74) is 1.05.